The van der Waals surface area contributed by atoms with Crippen molar-refractivity contribution in [2.24, 2.45) is 0 Å². The fraction of sp³-hybridized carbons (Fsp3) is 0.278. The molecule has 0 bridgehead atoms. The number of nitrogens with zero attached hydrogens (tertiary/aromatic N) is 1. The fourth-order valence-electron chi connectivity index (χ4n) is 2.53. The normalized spacial score (nSPS) is 11.5. The van der Waals surface area contributed by atoms with Gasteiger partial charge in [-0.05, 0) is 49.2 Å². The van der Waals surface area contributed by atoms with Gasteiger partial charge in [0, 0.05) is 6.04 Å². The monoisotopic (exact) mass is 332 g/mol. The van der Waals surface area contributed by atoms with Crippen LogP contribution in [0.5, 0.6) is 11.5 Å². The molecule has 0 heterocycles. The smallest absolute Gasteiger partial charge is 0.161 e. The minimum absolute atomic E-state index is 0.0644. The predicted molar refractivity (Wildman–Crippen MR) is 87.4 cm³/mol. The maximum absolute atomic E-state index is 14.0. The van der Waals surface area contributed by atoms with Crippen LogP contribution in [0.4, 0.5) is 14.5 Å². The van der Waals surface area contributed by atoms with Crippen LogP contribution < -0.4 is 14.8 Å². The molecule has 126 valence electrons. The first-order valence-corrected chi connectivity index (χ1v) is 7.29. The summed E-state index contributed by atoms with van der Waals surface area (Å²) in [5.41, 5.74) is 1.37. The van der Waals surface area contributed by atoms with Gasteiger partial charge in [-0.3, -0.25) is 0 Å². The van der Waals surface area contributed by atoms with Gasteiger partial charge in [-0.15, -0.1) is 0 Å². The molecule has 2 rings (SSSR count). The van der Waals surface area contributed by atoms with E-state index >= 15 is 0 Å². The van der Waals surface area contributed by atoms with Crippen LogP contribution in [0.1, 0.15) is 29.7 Å². The Morgan fingerprint density at radius 1 is 1.04 bits per heavy atom. The van der Waals surface area contributed by atoms with Gasteiger partial charge in [0.2, 0.25) is 0 Å². The molecule has 24 heavy (non-hydrogen) atoms. The van der Waals surface area contributed by atoms with Gasteiger partial charge in [-0.25, -0.2) is 8.78 Å². The topological polar surface area (TPSA) is 54.3 Å². The highest BCUT2D eigenvalue weighted by atomic mass is 19.1. The second kappa shape index (κ2) is 7.18. The van der Waals surface area contributed by atoms with E-state index in [1.807, 2.05) is 6.92 Å². The van der Waals surface area contributed by atoms with Crippen molar-refractivity contribution in [3.05, 3.63) is 52.6 Å². The minimum Gasteiger partial charge on any atom is -0.493 e. The fourth-order valence-corrected chi connectivity index (χ4v) is 2.53. The molecule has 1 atom stereocenters. The van der Waals surface area contributed by atoms with Crippen LogP contribution in [0.25, 0.3) is 0 Å². The number of nitrogens with one attached hydrogen (secondary N) is 1. The van der Waals surface area contributed by atoms with Gasteiger partial charge in [0.15, 0.2) is 23.1 Å². The van der Waals surface area contributed by atoms with Gasteiger partial charge in [-0.1, -0.05) is 0 Å². The average Bonchev–Trinajstić information content (AvgIpc) is 2.57. The first-order chi connectivity index (χ1) is 11.4. The molecule has 1 unspecified atom stereocenters. The van der Waals surface area contributed by atoms with Crippen molar-refractivity contribution in [2.45, 2.75) is 19.9 Å². The molecule has 1 N–H and O–H groups in total. The van der Waals surface area contributed by atoms with Gasteiger partial charge in [0.25, 0.3) is 0 Å². The number of hydrogen-bond acceptors (Lipinski definition) is 4. The zero-order valence-corrected chi connectivity index (χ0v) is 13.9. The molecule has 0 aromatic heterocycles. The van der Waals surface area contributed by atoms with E-state index in [1.165, 1.54) is 7.11 Å². The number of halogens is 2. The highest BCUT2D eigenvalue weighted by Crippen LogP contribution is 2.34. The summed E-state index contributed by atoms with van der Waals surface area (Å²) in [5, 5.41) is 11.6. The van der Waals surface area contributed by atoms with Crippen molar-refractivity contribution in [3.8, 4) is 17.6 Å². The largest absolute Gasteiger partial charge is 0.493 e. The van der Waals surface area contributed by atoms with E-state index in [1.54, 1.807) is 32.2 Å². The Labute approximate surface area is 139 Å². The van der Waals surface area contributed by atoms with E-state index in [0.717, 1.165) is 23.3 Å². The highest BCUT2D eigenvalue weighted by molar-refractivity contribution is 5.54. The number of benzene rings is 2. The van der Waals surface area contributed by atoms with Gasteiger partial charge in [0.1, 0.15) is 5.69 Å². The van der Waals surface area contributed by atoms with E-state index in [-0.39, 0.29) is 17.3 Å². The molecule has 0 aliphatic carbocycles. The molecule has 6 heteroatoms. The molecule has 0 radical (unpaired) electrons. The van der Waals surface area contributed by atoms with Crippen molar-refractivity contribution in [1.29, 1.82) is 5.26 Å². The summed E-state index contributed by atoms with van der Waals surface area (Å²) in [6.07, 6.45) is 0. The molecule has 0 fully saturated rings. The zero-order valence-electron chi connectivity index (χ0n) is 13.9. The standard InChI is InChI=1S/C18H18F2N2O2/c1-10-5-16(23-3)17(24-4)8-13(10)11(2)22-18-14(19)6-12(9-21)7-15(18)20/h5-8,11,22H,1-4H3. The third-order valence-electron chi connectivity index (χ3n) is 3.77. The molecule has 0 amide bonds. The summed E-state index contributed by atoms with van der Waals surface area (Å²) in [5.74, 6) is -0.498. The lowest BCUT2D eigenvalue weighted by Crippen LogP contribution is -2.11. The summed E-state index contributed by atoms with van der Waals surface area (Å²) in [7, 11) is 3.06. The van der Waals surface area contributed by atoms with Gasteiger partial charge in [0.05, 0.1) is 25.9 Å². The highest BCUT2D eigenvalue weighted by Gasteiger charge is 2.18. The van der Waals surface area contributed by atoms with Crippen molar-refractivity contribution >= 4 is 5.69 Å². The Hall–Kier alpha value is -2.81. The first kappa shape index (κ1) is 17.5. The van der Waals surface area contributed by atoms with Crippen molar-refractivity contribution in [2.75, 3.05) is 19.5 Å². The predicted octanol–water partition coefficient (Wildman–Crippen LogP) is 4.34. The minimum atomic E-state index is -0.809. The Morgan fingerprint density at radius 3 is 2.08 bits per heavy atom. The van der Waals surface area contributed by atoms with Crippen LogP contribution >= 0.6 is 0 Å². The lowest BCUT2D eigenvalue weighted by Gasteiger charge is -2.20. The van der Waals surface area contributed by atoms with E-state index in [9.17, 15) is 8.78 Å². The van der Waals surface area contributed by atoms with E-state index in [0.29, 0.717) is 11.5 Å². The quantitative estimate of drug-likeness (QED) is 0.885. The summed E-state index contributed by atoms with van der Waals surface area (Å²) in [6.45, 7) is 3.66. The van der Waals surface area contributed by atoms with Gasteiger partial charge >= 0.3 is 0 Å². The molecule has 0 saturated carbocycles. The molecule has 0 spiro atoms. The Kier molecular flexibility index (Phi) is 5.24. The van der Waals surface area contributed by atoms with Crippen molar-refractivity contribution in [3.63, 3.8) is 0 Å². The molecule has 2 aromatic rings. The van der Waals surface area contributed by atoms with Crippen LogP contribution in [-0.4, -0.2) is 14.2 Å². The molecule has 2 aromatic carbocycles. The molecule has 0 aliphatic rings. The second-order valence-electron chi connectivity index (χ2n) is 5.36. The van der Waals surface area contributed by atoms with Crippen molar-refractivity contribution in [1.82, 2.24) is 0 Å². The molecular weight excluding hydrogens is 314 g/mol. The first-order valence-electron chi connectivity index (χ1n) is 7.29. The molecule has 4 nitrogen and oxygen atoms in total. The van der Waals surface area contributed by atoms with Gasteiger partial charge < -0.3 is 14.8 Å². The van der Waals surface area contributed by atoms with E-state index < -0.39 is 11.6 Å². The average molecular weight is 332 g/mol. The van der Waals surface area contributed by atoms with Crippen LogP contribution in [0.2, 0.25) is 0 Å². The Morgan fingerprint density at radius 2 is 1.58 bits per heavy atom. The SMILES string of the molecule is COc1cc(C)c(C(C)Nc2c(F)cc(C#N)cc2F)cc1OC. The number of anilines is 1. The lowest BCUT2D eigenvalue weighted by molar-refractivity contribution is 0.354. The summed E-state index contributed by atoms with van der Waals surface area (Å²) in [6, 6.07) is 6.90. The summed E-state index contributed by atoms with van der Waals surface area (Å²) in [4.78, 5) is 0. The maximum atomic E-state index is 14.0. The number of methoxy groups -OCH3 is 2. The number of hydrogen-bond donors (Lipinski definition) is 1. The Bertz CT molecular complexity index is 777. The third-order valence-corrected chi connectivity index (χ3v) is 3.77. The van der Waals surface area contributed by atoms with E-state index in [2.05, 4.69) is 5.32 Å². The van der Waals surface area contributed by atoms with Crippen LogP contribution in [-0.2, 0) is 0 Å². The molecule has 0 saturated heterocycles. The van der Waals surface area contributed by atoms with Crippen LogP contribution in [0, 0.1) is 29.9 Å². The molecular formula is C18H18F2N2O2. The number of rotatable bonds is 5. The van der Waals surface area contributed by atoms with E-state index in [4.69, 9.17) is 14.7 Å². The Balaban J connectivity index is 2.37. The summed E-state index contributed by atoms with van der Waals surface area (Å²) >= 11 is 0. The van der Waals surface area contributed by atoms with Crippen molar-refractivity contribution < 1.29 is 18.3 Å². The maximum Gasteiger partial charge on any atom is 0.161 e. The number of ether oxygens (including phenoxy) is 2. The van der Waals surface area contributed by atoms with Crippen LogP contribution in [0.15, 0.2) is 24.3 Å². The van der Waals surface area contributed by atoms with Gasteiger partial charge in [-0.2, -0.15) is 5.26 Å². The number of nitriles is 1. The number of aryl methyl sites for hydroxylation is 1. The second-order valence-corrected chi connectivity index (χ2v) is 5.36. The van der Waals surface area contributed by atoms with Crippen LogP contribution in [0.3, 0.4) is 0 Å². The zero-order chi connectivity index (χ0) is 17.9. The lowest BCUT2D eigenvalue weighted by atomic mass is 10.0. The summed E-state index contributed by atoms with van der Waals surface area (Å²) < 4.78 is 38.6. The molecule has 0 aliphatic heterocycles. The third kappa shape index (κ3) is 3.40.